The predicted octanol–water partition coefficient (Wildman–Crippen LogP) is 1.85. The molecule has 7 heteroatoms. The van der Waals surface area contributed by atoms with Crippen molar-refractivity contribution in [3.8, 4) is 0 Å². The van der Waals surface area contributed by atoms with Crippen molar-refractivity contribution in [3.05, 3.63) is 39.4 Å². The molecule has 1 aromatic rings. The Labute approximate surface area is 115 Å². The van der Waals surface area contributed by atoms with Crippen LogP contribution in [0.5, 0.6) is 0 Å². The Morgan fingerprint density at radius 1 is 1.55 bits per heavy atom. The van der Waals surface area contributed by atoms with Crippen molar-refractivity contribution in [2.75, 3.05) is 19.8 Å². The number of benzene rings is 1. The zero-order valence-electron chi connectivity index (χ0n) is 10.8. The van der Waals surface area contributed by atoms with Gasteiger partial charge in [0.15, 0.2) is 0 Å². The van der Waals surface area contributed by atoms with E-state index in [0.29, 0.717) is 31.3 Å². The highest BCUT2D eigenvalue weighted by Crippen LogP contribution is 2.23. The molecule has 7 nitrogen and oxygen atoms in total. The molecule has 108 valence electrons. The van der Waals surface area contributed by atoms with E-state index in [1.807, 2.05) is 0 Å². The van der Waals surface area contributed by atoms with Crippen molar-refractivity contribution in [2.45, 2.75) is 13.0 Å². The average Bonchev–Trinajstić information content (AvgIpc) is 2.91. The third-order valence-corrected chi connectivity index (χ3v) is 3.17. The second-order valence-corrected chi connectivity index (χ2v) is 4.62. The highest BCUT2D eigenvalue weighted by molar-refractivity contribution is 5.94. The van der Waals surface area contributed by atoms with Gasteiger partial charge in [0, 0.05) is 18.6 Å². The summed E-state index contributed by atoms with van der Waals surface area (Å²) in [6, 6.07) is 4.17. The third-order valence-electron chi connectivity index (χ3n) is 3.17. The molecule has 2 rings (SSSR count). The van der Waals surface area contributed by atoms with Crippen LogP contribution in [0.4, 0.5) is 5.69 Å². The van der Waals surface area contributed by atoms with E-state index in [4.69, 9.17) is 14.6 Å². The maximum absolute atomic E-state index is 11.2. The summed E-state index contributed by atoms with van der Waals surface area (Å²) in [6.45, 7) is 1.85. The Hall–Kier alpha value is -1.99. The average molecular weight is 281 g/mol. The van der Waals surface area contributed by atoms with Crippen molar-refractivity contribution in [2.24, 2.45) is 5.92 Å². The SMILES string of the molecule is O=C(O)c1c(COCC2CCOC2)cccc1[N+](=O)[O-]. The largest absolute Gasteiger partial charge is 0.477 e. The van der Waals surface area contributed by atoms with Gasteiger partial charge in [-0.05, 0) is 12.0 Å². The van der Waals surface area contributed by atoms with E-state index >= 15 is 0 Å². The quantitative estimate of drug-likeness (QED) is 0.631. The minimum atomic E-state index is -1.32. The lowest BCUT2D eigenvalue weighted by atomic mass is 10.1. The van der Waals surface area contributed by atoms with Crippen LogP contribution in [0.2, 0.25) is 0 Å². The van der Waals surface area contributed by atoms with Gasteiger partial charge in [-0.1, -0.05) is 12.1 Å². The molecular weight excluding hydrogens is 266 g/mol. The first-order valence-electron chi connectivity index (χ1n) is 6.24. The molecule has 1 N–H and O–H groups in total. The molecule has 1 aliphatic heterocycles. The van der Waals surface area contributed by atoms with Crippen LogP contribution in [-0.2, 0) is 16.1 Å². The lowest BCUT2D eigenvalue weighted by Gasteiger charge is -2.10. The van der Waals surface area contributed by atoms with Crippen LogP contribution in [0.25, 0.3) is 0 Å². The van der Waals surface area contributed by atoms with E-state index < -0.39 is 16.6 Å². The van der Waals surface area contributed by atoms with E-state index in [-0.39, 0.29) is 12.2 Å². The maximum atomic E-state index is 11.2. The Bertz CT molecular complexity index is 510. The topological polar surface area (TPSA) is 98.9 Å². The lowest BCUT2D eigenvalue weighted by Crippen LogP contribution is -2.12. The first-order chi connectivity index (χ1) is 9.59. The fourth-order valence-corrected chi connectivity index (χ4v) is 2.16. The van der Waals surface area contributed by atoms with Crippen molar-refractivity contribution >= 4 is 11.7 Å². The normalized spacial score (nSPS) is 18.1. The molecule has 1 heterocycles. The van der Waals surface area contributed by atoms with E-state index in [1.54, 1.807) is 0 Å². The molecular formula is C13H15NO6. The summed E-state index contributed by atoms with van der Waals surface area (Å²) in [7, 11) is 0. The third kappa shape index (κ3) is 3.31. The van der Waals surface area contributed by atoms with Crippen LogP contribution in [-0.4, -0.2) is 35.8 Å². The van der Waals surface area contributed by atoms with Gasteiger partial charge in [0.05, 0.1) is 24.7 Å². The first-order valence-corrected chi connectivity index (χ1v) is 6.24. The van der Waals surface area contributed by atoms with E-state index in [2.05, 4.69) is 0 Å². The summed E-state index contributed by atoms with van der Waals surface area (Å²) in [4.78, 5) is 21.3. The number of rotatable bonds is 6. The minimum Gasteiger partial charge on any atom is -0.477 e. The molecule has 20 heavy (non-hydrogen) atoms. The van der Waals surface area contributed by atoms with Gasteiger partial charge in [-0.25, -0.2) is 4.79 Å². The molecule has 0 radical (unpaired) electrons. The summed E-state index contributed by atoms with van der Waals surface area (Å²) in [5, 5.41) is 20.0. The highest BCUT2D eigenvalue weighted by atomic mass is 16.6. The van der Waals surface area contributed by atoms with Crippen LogP contribution in [0, 0.1) is 16.0 Å². The smallest absolute Gasteiger partial charge is 0.343 e. The van der Waals surface area contributed by atoms with Crippen molar-refractivity contribution in [1.82, 2.24) is 0 Å². The number of nitro groups is 1. The van der Waals surface area contributed by atoms with Gasteiger partial charge in [-0.3, -0.25) is 10.1 Å². The number of ether oxygens (including phenoxy) is 2. The number of hydrogen-bond acceptors (Lipinski definition) is 5. The molecule has 0 aromatic heterocycles. The van der Waals surface area contributed by atoms with E-state index in [9.17, 15) is 14.9 Å². The summed E-state index contributed by atoms with van der Waals surface area (Å²) in [5.41, 5.74) is -0.409. The number of aromatic carboxylic acids is 1. The second-order valence-electron chi connectivity index (χ2n) is 4.62. The zero-order valence-corrected chi connectivity index (χ0v) is 10.8. The molecule has 0 aliphatic carbocycles. The lowest BCUT2D eigenvalue weighted by molar-refractivity contribution is -0.385. The second kappa shape index (κ2) is 6.44. The zero-order chi connectivity index (χ0) is 14.5. The fraction of sp³-hybridized carbons (Fsp3) is 0.462. The molecule has 0 bridgehead atoms. The molecule has 1 fully saturated rings. The van der Waals surface area contributed by atoms with Crippen molar-refractivity contribution in [1.29, 1.82) is 0 Å². The van der Waals surface area contributed by atoms with Gasteiger partial charge < -0.3 is 14.6 Å². The maximum Gasteiger partial charge on any atom is 0.343 e. The Kier molecular flexibility index (Phi) is 4.65. The number of carbonyl (C=O) groups is 1. The van der Waals surface area contributed by atoms with E-state index in [0.717, 1.165) is 6.42 Å². The number of nitrogens with zero attached hydrogens (tertiary/aromatic N) is 1. The van der Waals surface area contributed by atoms with Gasteiger partial charge in [-0.15, -0.1) is 0 Å². The Balaban J connectivity index is 2.08. The van der Waals surface area contributed by atoms with Gasteiger partial charge in [0.2, 0.25) is 0 Å². The van der Waals surface area contributed by atoms with Crippen LogP contribution < -0.4 is 0 Å². The van der Waals surface area contributed by atoms with Crippen LogP contribution in [0.1, 0.15) is 22.3 Å². The summed E-state index contributed by atoms with van der Waals surface area (Å²) < 4.78 is 10.7. The van der Waals surface area contributed by atoms with E-state index in [1.165, 1.54) is 18.2 Å². The monoisotopic (exact) mass is 281 g/mol. The van der Waals surface area contributed by atoms with Crippen molar-refractivity contribution in [3.63, 3.8) is 0 Å². The molecule has 1 aliphatic rings. The number of nitro benzene ring substituents is 1. The summed E-state index contributed by atoms with van der Waals surface area (Å²) in [6.07, 6.45) is 0.917. The Morgan fingerprint density at radius 3 is 2.95 bits per heavy atom. The van der Waals surface area contributed by atoms with Crippen LogP contribution >= 0.6 is 0 Å². The van der Waals surface area contributed by atoms with Gasteiger partial charge >= 0.3 is 5.97 Å². The fourth-order valence-electron chi connectivity index (χ4n) is 2.16. The van der Waals surface area contributed by atoms with Crippen LogP contribution in [0.15, 0.2) is 18.2 Å². The minimum absolute atomic E-state index is 0.0415. The molecule has 0 saturated carbocycles. The first kappa shape index (κ1) is 14.4. The Morgan fingerprint density at radius 2 is 2.35 bits per heavy atom. The molecule has 1 saturated heterocycles. The van der Waals surface area contributed by atoms with Gasteiger partial charge in [-0.2, -0.15) is 0 Å². The molecule has 0 spiro atoms. The van der Waals surface area contributed by atoms with Gasteiger partial charge in [0.25, 0.3) is 5.69 Å². The van der Waals surface area contributed by atoms with Crippen molar-refractivity contribution < 1.29 is 24.3 Å². The molecule has 1 atom stereocenters. The number of carboxylic acids is 1. The standard InChI is InChI=1S/C13H15NO6/c15-13(16)12-10(2-1-3-11(12)14(17)18)8-20-7-9-4-5-19-6-9/h1-3,9H,4-8H2,(H,15,16). The summed E-state index contributed by atoms with van der Waals surface area (Å²) >= 11 is 0. The summed E-state index contributed by atoms with van der Waals surface area (Å²) in [5.74, 6) is -1.01. The van der Waals surface area contributed by atoms with Gasteiger partial charge in [0.1, 0.15) is 5.56 Å². The molecule has 0 amide bonds. The number of carboxylic acid groups (broad SMARTS) is 1. The number of hydrogen-bond donors (Lipinski definition) is 1. The predicted molar refractivity (Wildman–Crippen MR) is 68.6 cm³/mol. The molecule has 1 aromatic carbocycles. The highest BCUT2D eigenvalue weighted by Gasteiger charge is 2.23. The molecule has 1 unspecified atom stereocenters. The van der Waals surface area contributed by atoms with Crippen LogP contribution in [0.3, 0.4) is 0 Å².